The van der Waals surface area contributed by atoms with Crippen molar-refractivity contribution in [1.82, 2.24) is 5.43 Å². The molecular weight excluding hydrogens is 494 g/mol. The predicted molar refractivity (Wildman–Crippen MR) is 133 cm³/mol. The first-order chi connectivity index (χ1) is 16.9. The Hall–Kier alpha value is -4.28. The first kappa shape index (κ1) is 23.9. The van der Waals surface area contributed by atoms with Crippen molar-refractivity contribution >= 4 is 56.8 Å². The van der Waals surface area contributed by atoms with E-state index in [0.29, 0.717) is 10.6 Å². The van der Waals surface area contributed by atoms with Gasteiger partial charge in [0, 0.05) is 21.7 Å². The molecule has 3 aromatic carbocycles. The van der Waals surface area contributed by atoms with Crippen molar-refractivity contribution in [3.8, 4) is 11.5 Å². The number of esters is 1. The Kier molecular flexibility index (Phi) is 7.34. The first-order valence-corrected chi connectivity index (χ1v) is 11.3. The van der Waals surface area contributed by atoms with Crippen LogP contribution < -0.4 is 14.9 Å². The summed E-state index contributed by atoms with van der Waals surface area (Å²) >= 11 is 7.60. The summed E-state index contributed by atoms with van der Waals surface area (Å²) < 4.78 is 11.6. The van der Waals surface area contributed by atoms with Crippen molar-refractivity contribution in [3.05, 3.63) is 98.4 Å². The number of benzene rings is 3. The van der Waals surface area contributed by atoms with Gasteiger partial charge in [-0.15, -0.1) is 11.3 Å². The third kappa shape index (κ3) is 5.62. The molecule has 0 unspecified atom stereocenters. The van der Waals surface area contributed by atoms with E-state index < -0.39 is 23.4 Å². The fourth-order valence-corrected chi connectivity index (χ4v) is 4.44. The number of nitro benzene ring substituents is 1. The number of thiophene rings is 1. The summed E-state index contributed by atoms with van der Waals surface area (Å²) in [5.41, 5.74) is 2.44. The van der Waals surface area contributed by atoms with Gasteiger partial charge in [0.25, 0.3) is 5.91 Å². The highest BCUT2D eigenvalue weighted by molar-refractivity contribution is 7.21. The molecule has 35 heavy (non-hydrogen) atoms. The number of nitro groups is 1. The molecule has 0 aliphatic rings. The van der Waals surface area contributed by atoms with Gasteiger partial charge in [-0.05, 0) is 24.3 Å². The Labute approximate surface area is 207 Å². The van der Waals surface area contributed by atoms with Crippen LogP contribution in [0.5, 0.6) is 11.5 Å². The summed E-state index contributed by atoms with van der Waals surface area (Å²) in [5.74, 6) is -1.06. The fourth-order valence-electron chi connectivity index (χ4n) is 3.05. The van der Waals surface area contributed by atoms with E-state index in [2.05, 4.69) is 10.5 Å². The van der Waals surface area contributed by atoms with Gasteiger partial charge in [0.2, 0.25) is 0 Å². The van der Waals surface area contributed by atoms with Crippen molar-refractivity contribution in [2.24, 2.45) is 5.10 Å². The molecule has 0 fully saturated rings. The highest BCUT2D eigenvalue weighted by Crippen LogP contribution is 2.36. The highest BCUT2D eigenvalue weighted by Gasteiger charge is 2.20. The maximum absolute atomic E-state index is 12.8. The molecule has 0 bridgehead atoms. The maximum Gasteiger partial charge on any atom is 0.355 e. The Morgan fingerprint density at radius 1 is 1.03 bits per heavy atom. The van der Waals surface area contributed by atoms with Crippen LogP contribution in [0.3, 0.4) is 0 Å². The molecular formula is C24H16ClN3O6S. The van der Waals surface area contributed by atoms with Crippen LogP contribution in [0.15, 0.2) is 77.9 Å². The van der Waals surface area contributed by atoms with Gasteiger partial charge in [-0.1, -0.05) is 54.1 Å². The molecule has 1 amide bonds. The number of carbonyl (C=O) groups is 2. The summed E-state index contributed by atoms with van der Waals surface area (Å²) in [6.07, 6.45) is 1.30. The quantitative estimate of drug-likeness (QED) is 0.114. The Balaban J connectivity index is 1.39. The lowest BCUT2D eigenvalue weighted by atomic mass is 10.2. The van der Waals surface area contributed by atoms with Crippen LogP contribution in [0, 0.1) is 10.1 Å². The number of carbonyl (C=O) groups excluding carboxylic acids is 2. The van der Waals surface area contributed by atoms with Crippen LogP contribution in [-0.2, 0) is 4.79 Å². The monoisotopic (exact) mass is 509 g/mol. The number of nitrogens with one attached hydrogen (secondary N) is 1. The van der Waals surface area contributed by atoms with E-state index in [0.717, 1.165) is 10.1 Å². The average molecular weight is 510 g/mol. The summed E-state index contributed by atoms with van der Waals surface area (Å²) in [4.78, 5) is 35.5. The lowest BCUT2D eigenvalue weighted by molar-refractivity contribution is -0.385. The molecule has 0 saturated carbocycles. The number of halogens is 1. The minimum atomic E-state index is -0.633. The number of fused-ring (bicyclic) bond motifs is 1. The molecule has 0 radical (unpaired) electrons. The lowest BCUT2D eigenvalue weighted by Crippen LogP contribution is -2.24. The van der Waals surface area contributed by atoms with E-state index in [1.165, 1.54) is 35.8 Å². The lowest BCUT2D eigenvalue weighted by Gasteiger charge is -2.07. The number of amides is 1. The Bertz CT molecular complexity index is 1450. The topological polar surface area (TPSA) is 120 Å². The Morgan fingerprint density at radius 3 is 2.49 bits per heavy atom. The van der Waals surface area contributed by atoms with E-state index in [-0.39, 0.29) is 22.1 Å². The second kappa shape index (κ2) is 10.8. The van der Waals surface area contributed by atoms with Gasteiger partial charge < -0.3 is 9.47 Å². The molecule has 0 saturated heterocycles. The van der Waals surface area contributed by atoms with E-state index >= 15 is 0 Å². The minimum absolute atomic E-state index is 0.0335. The highest BCUT2D eigenvalue weighted by atomic mass is 35.5. The van der Waals surface area contributed by atoms with Crippen molar-refractivity contribution in [2.45, 2.75) is 0 Å². The molecule has 1 heterocycles. The number of para-hydroxylation sites is 3. The van der Waals surface area contributed by atoms with Crippen molar-refractivity contribution < 1.29 is 24.0 Å². The van der Waals surface area contributed by atoms with E-state index in [1.54, 1.807) is 30.3 Å². The van der Waals surface area contributed by atoms with Gasteiger partial charge in [0.1, 0.15) is 10.6 Å². The zero-order valence-electron chi connectivity index (χ0n) is 17.8. The van der Waals surface area contributed by atoms with Gasteiger partial charge in [-0.3, -0.25) is 14.9 Å². The van der Waals surface area contributed by atoms with E-state index in [1.807, 2.05) is 24.3 Å². The number of ether oxygens (including phenoxy) is 2. The summed E-state index contributed by atoms with van der Waals surface area (Å²) in [7, 11) is 0. The van der Waals surface area contributed by atoms with Gasteiger partial charge >= 0.3 is 11.7 Å². The van der Waals surface area contributed by atoms with Crippen LogP contribution in [0.1, 0.15) is 15.2 Å². The second-order valence-corrected chi connectivity index (χ2v) is 8.41. The van der Waals surface area contributed by atoms with E-state index in [9.17, 15) is 19.7 Å². The molecule has 9 nitrogen and oxygen atoms in total. The molecule has 1 N–H and O–H groups in total. The molecule has 0 aliphatic heterocycles. The van der Waals surface area contributed by atoms with Gasteiger partial charge in [0.15, 0.2) is 12.4 Å². The third-order valence-corrected chi connectivity index (χ3v) is 6.31. The first-order valence-electron chi connectivity index (χ1n) is 10.1. The minimum Gasteiger partial charge on any atom is -0.477 e. The molecule has 0 atom stereocenters. The molecule has 1 aromatic heterocycles. The smallest absolute Gasteiger partial charge is 0.355 e. The van der Waals surface area contributed by atoms with Crippen LogP contribution in [0.25, 0.3) is 10.1 Å². The maximum atomic E-state index is 12.8. The number of nitrogens with zero attached hydrogens (tertiary/aromatic N) is 2. The van der Waals surface area contributed by atoms with E-state index in [4.69, 9.17) is 21.1 Å². The van der Waals surface area contributed by atoms with Crippen molar-refractivity contribution in [2.75, 3.05) is 6.61 Å². The largest absolute Gasteiger partial charge is 0.477 e. The molecule has 4 rings (SSSR count). The van der Waals surface area contributed by atoms with Crippen LogP contribution >= 0.6 is 22.9 Å². The molecule has 176 valence electrons. The Morgan fingerprint density at radius 2 is 1.71 bits per heavy atom. The predicted octanol–water partition coefficient (Wildman–Crippen LogP) is 5.21. The van der Waals surface area contributed by atoms with Gasteiger partial charge in [-0.2, -0.15) is 5.10 Å². The summed E-state index contributed by atoms with van der Waals surface area (Å²) in [6.45, 7) is -0.483. The second-order valence-electron chi connectivity index (χ2n) is 6.98. The zero-order valence-corrected chi connectivity index (χ0v) is 19.4. The number of hydrazone groups is 1. The van der Waals surface area contributed by atoms with Crippen molar-refractivity contribution in [3.63, 3.8) is 0 Å². The third-order valence-electron chi connectivity index (χ3n) is 4.66. The average Bonchev–Trinajstić information content (AvgIpc) is 3.20. The van der Waals surface area contributed by atoms with Crippen molar-refractivity contribution in [1.29, 1.82) is 0 Å². The number of hydrogen-bond donors (Lipinski definition) is 1. The van der Waals surface area contributed by atoms with Crippen LogP contribution in [0.4, 0.5) is 5.69 Å². The fraction of sp³-hybridized carbons (Fsp3) is 0.0417. The number of hydrogen-bond acceptors (Lipinski definition) is 8. The molecule has 4 aromatic rings. The number of rotatable bonds is 8. The normalized spacial score (nSPS) is 10.9. The molecule has 0 aliphatic carbocycles. The van der Waals surface area contributed by atoms with Crippen LogP contribution in [-0.4, -0.2) is 29.6 Å². The van der Waals surface area contributed by atoms with Gasteiger partial charge in [0.05, 0.1) is 16.2 Å². The molecule has 0 spiro atoms. The van der Waals surface area contributed by atoms with Gasteiger partial charge in [-0.25, -0.2) is 10.2 Å². The zero-order chi connectivity index (χ0) is 24.8. The summed E-state index contributed by atoms with van der Waals surface area (Å²) in [5, 5.41) is 16.0. The SMILES string of the molecule is O=C(COc1ccccc1[N+](=O)[O-])NN=Cc1ccccc1OC(=O)c1sc2ccccc2c1Cl. The molecule has 11 heteroatoms. The standard InChI is InChI=1S/C24H16ClN3O6S/c25-22-16-8-2-6-12-20(16)35-23(22)24(30)34-18-10-4-1-7-15(18)13-26-27-21(29)14-33-19-11-5-3-9-17(19)28(31)32/h1-13H,14H2,(H,27,29). The summed E-state index contributed by atoms with van der Waals surface area (Å²) in [6, 6.07) is 19.7. The van der Waals surface area contributed by atoms with Crippen LogP contribution in [0.2, 0.25) is 5.02 Å².